The van der Waals surface area contributed by atoms with Crippen molar-refractivity contribution >= 4 is 0 Å². The molecule has 1 aliphatic heterocycles. The van der Waals surface area contributed by atoms with E-state index in [2.05, 4.69) is 22.2 Å². The summed E-state index contributed by atoms with van der Waals surface area (Å²) in [6.07, 6.45) is 3.13. The second kappa shape index (κ2) is 4.57. The van der Waals surface area contributed by atoms with Crippen molar-refractivity contribution in [2.45, 2.75) is 26.4 Å². The molecule has 1 N–H and O–H groups in total. The predicted octanol–water partition coefficient (Wildman–Crippen LogP) is 1.16. The number of nitrogens with zero attached hydrogens (tertiary/aromatic N) is 2. The second-order valence-electron chi connectivity index (χ2n) is 4.07. The molecule has 2 unspecified atom stereocenters. The molecular formula is C11H17N3O. The van der Waals surface area contributed by atoms with Crippen LogP contribution in [0.4, 0.5) is 0 Å². The third-order valence-electron chi connectivity index (χ3n) is 2.78. The minimum Gasteiger partial charge on any atom is -0.473 e. The molecule has 1 aromatic heterocycles. The topological polar surface area (TPSA) is 47.0 Å². The minimum atomic E-state index is 0.230. The first kappa shape index (κ1) is 10.4. The standard InChI is InChI=1S/C11H17N3O/c1-8-3-5-12-7-10(8)15-11-4-6-13-9(2)14-11/h4,6,8,10,12H,3,5,7H2,1-2H3. The predicted molar refractivity (Wildman–Crippen MR) is 57.8 cm³/mol. The molecule has 0 aliphatic carbocycles. The van der Waals surface area contributed by atoms with Crippen molar-refractivity contribution in [3.8, 4) is 5.88 Å². The van der Waals surface area contributed by atoms with Crippen molar-refractivity contribution in [2.24, 2.45) is 5.92 Å². The van der Waals surface area contributed by atoms with Gasteiger partial charge in [0.1, 0.15) is 11.9 Å². The molecule has 1 saturated heterocycles. The van der Waals surface area contributed by atoms with E-state index in [0.717, 1.165) is 25.3 Å². The Kier molecular flexibility index (Phi) is 3.16. The Balaban J connectivity index is 2.01. The fourth-order valence-corrected chi connectivity index (χ4v) is 1.77. The summed E-state index contributed by atoms with van der Waals surface area (Å²) in [4.78, 5) is 8.29. The highest BCUT2D eigenvalue weighted by Gasteiger charge is 2.22. The maximum absolute atomic E-state index is 5.83. The molecule has 0 bridgehead atoms. The van der Waals surface area contributed by atoms with Crippen LogP contribution >= 0.6 is 0 Å². The van der Waals surface area contributed by atoms with Crippen molar-refractivity contribution in [3.63, 3.8) is 0 Å². The molecule has 0 amide bonds. The Bertz CT molecular complexity index is 329. The third-order valence-corrected chi connectivity index (χ3v) is 2.78. The molecule has 1 fully saturated rings. The number of hydrogen-bond acceptors (Lipinski definition) is 4. The average Bonchev–Trinajstić information content (AvgIpc) is 2.22. The highest BCUT2D eigenvalue weighted by atomic mass is 16.5. The van der Waals surface area contributed by atoms with Crippen LogP contribution in [0.2, 0.25) is 0 Å². The Morgan fingerprint density at radius 2 is 2.40 bits per heavy atom. The Morgan fingerprint density at radius 3 is 3.13 bits per heavy atom. The number of nitrogens with one attached hydrogen (secondary N) is 1. The van der Waals surface area contributed by atoms with Crippen LogP contribution in [0.15, 0.2) is 12.3 Å². The van der Waals surface area contributed by atoms with Gasteiger partial charge in [-0.2, -0.15) is 4.98 Å². The maximum atomic E-state index is 5.83. The summed E-state index contributed by atoms with van der Waals surface area (Å²) in [7, 11) is 0. The van der Waals surface area contributed by atoms with Crippen LogP contribution in [-0.2, 0) is 0 Å². The summed E-state index contributed by atoms with van der Waals surface area (Å²) in [6, 6.07) is 1.81. The van der Waals surface area contributed by atoms with E-state index in [4.69, 9.17) is 4.74 Å². The lowest BCUT2D eigenvalue weighted by Crippen LogP contribution is -2.43. The van der Waals surface area contributed by atoms with Crippen molar-refractivity contribution in [1.82, 2.24) is 15.3 Å². The van der Waals surface area contributed by atoms with Crippen LogP contribution in [0.5, 0.6) is 5.88 Å². The first-order chi connectivity index (χ1) is 7.25. The molecule has 1 aliphatic rings. The van der Waals surface area contributed by atoms with Gasteiger partial charge < -0.3 is 10.1 Å². The zero-order chi connectivity index (χ0) is 10.7. The fraction of sp³-hybridized carbons (Fsp3) is 0.636. The van der Waals surface area contributed by atoms with E-state index in [9.17, 15) is 0 Å². The van der Waals surface area contributed by atoms with Gasteiger partial charge in [0.25, 0.3) is 0 Å². The van der Waals surface area contributed by atoms with Crippen LogP contribution in [-0.4, -0.2) is 29.2 Å². The highest BCUT2D eigenvalue weighted by molar-refractivity contribution is 5.08. The van der Waals surface area contributed by atoms with Crippen LogP contribution in [0.3, 0.4) is 0 Å². The average molecular weight is 207 g/mol. The first-order valence-corrected chi connectivity index (χ1v) is 5.43. The van der Waals surface area contributed by atoms with Crippen LogP contribution in [0.25, 0.3) is 0 Å². The van der Waals surface area contributed by atoms with E-state index in [1.54, 1.807) is 6.20 Å². The van der Waals surface area contributed by atoms with E-state index >= 15 is 0 Å². The van der Waals surface area contributed by atoms with E-state index in [0.29, 0.717) is 11.8 Å². The van der Waals surface area contributed by atoms with Crippen molar-refractivity contribution in [3.05, 3.63) is 18.1 Å². The lowest BCUT2D eigenvalue weighted by molar-refractivity contribution is 0.109. The van der Waals surface area contributed by atoms with E-state index in [1.807, 2.05) is 13.0 Å². The van der Waals surface area contributed by atoms with Crippen molar-refractivity contribution < 1.29 is 4.74 Å². The van der Waals surface area contributed by atoms with Crippen LogP contribution < -0.4 is 10.1 Å². The minimum absolute atomic E-state index is 0.230. The molecule has 4 heteroatoms. The van der Waals surface area contributed by atoms with Crippen LogP contribution in [0, 0.1) is 12.8 Å². The number of aryl methyl sites for hydroxylation is 1. The van der Waals surface area contributed by atoms with Gasteiger partial charge in [0, 0.05) is 18.8 Å². The summed E-state index contributed by atoms with van der Waals surface area (Å²) in [6.45, 7) is 6.09. The van der Waals surface area contributed by atoms with E-state index in [-0.39, 0.29) is 6.10 Å². The Morgan fingerprint density at radius 1 is 1.53 bits per heavy atom. The summed E-state index contributed by atoms with van der Waals surface area (Å²) in [5.74, 6) is 2.02. The summed E-state index contributed by atoms with van der Waals surface area (Å²) < 4.78 is 5.83. The molecule has 2 atom stereocenters. The van der Waals surface area contributed by atoms with Gasteiger partial charge in [-0.1, -0.05) is 6.92 Å². The number of hydrogen-bond donors (Lipinski definition) is 1. The van der Waals surface area contributed by atoms with Gasteiger partial charge in [-0.3, -0.25) is 0 Å². The van der Waals surface area contributed by atoms with Crippen molar-refractivity contribution in [2.75, 3.05) is 13.1 Å². The molecule has 82 valence electrons. The SMILES string of the molecule is Cc1nccc(OC2CNCCC2C)n1. The van der Waals surface area contributed by atoms with Crippen molar-refractivity contribution in [1.29, 1.82) is 0 Å². The summed E-state index contributed by atoms with van der Waals surface area (Å²) in [5, 5.41) is 3.33. The number of piperidine rings is 1. The third kappa shape index (κ3) is 2.65. The molecule has 2 heterocycles. The van der Waals surface area contributed by atoms with E-state index in [1.165, 1.54) is 0 Å². The zero-order valence-electron chi connectivity index (χ0n) is 9.23. The van der Waals surface area contributed by atoms with Gasteiger partial charge >= 0.3 is 0 Å². The molecular weight excluding hydrogens is 190 g/mol. The first-order valence-electron chi connectivity index (χ1n) is 5.43. The molecule has 0 saturated carbocycles. The van der Waals surface area contributed by atoms with Crippen LogP contribution in [0.1, 0.15) is 19.2 Å². The summed E-state index contributed by atoms with van der Waals surface area (Å²) in [5.41, 5.74) is 0. The molecule has 0 spiro atoms. The summed E-state index contributed by atoms with van der Waals surface area (Å²) >= 11 is 0. The van der Waals surface area contributed by atoms with Gasteiger partial charge in [-0.05, 0) is 25.8 Å². The normalized spacial score (nSPS) is 26.3. The molecule has 1 aromatic rings. The van der Waals surface area contributed by atoms with Gasteiger partial charge in [0.15, 0.2) is 0 Å². The smallest absolute Gasteiger partial charge is 0.216 e. The fourth-order valence-electron chi connectivity index (χ4n) is 1.77. The lowest BCUT2D eigenvalue weighted by atomic mass is 9.97. The number of aromatic nitrogens is 2. The van der Waals surface area contributed by atoms with Gasteiger partial charge in [-0.25, -0.2) is 4.98 Å². The van der Waals surface area contributed by atoms with Gasteiger partial charge in [-0.15, -0.1) is 0 Å². The monoisotopic (exact) mass is 207 g/mol. The Hall–Kier alpha value is -1.16. The quantitative estimate of drug-likeness (QED) is 0.790. The zero-order valence-corrected chi connectivity index (χ0v) is 9.23. The van der Waals surface area contributed by atoms with Gasteiger partial charge in [0.2, 0.25) is 5.88 Å². The number of ether oxygens (including phenoxy) is 1. The maximum Gasteiger partial charge on any atom is 0.216 e. The van der Waals surface area contributed by atoms with E-state index < -0.39 is 0 Å². The largest absolute Gasteiger partial charge is 0.473 e. The molecule has 2 rings (SSSR count). The molecule has 4 nitrogen and oxygen atoms in total. The lowest BCUT2D eigenvalue weighted by Gasteiger charge is -2.29. The molecule has 0 radical (unpaired) electrons. The highest BCUT2D eigenvalue weighted by Crippen LogP contribution is 2.17. The Labute approximate surface area is 90.1 Å². The molecule has 0 aromatic carbocycles. The number of rotatable bonds is 2. The molecule has 15 heavy (non-hydrogen) atoms. The second-order valence-corrected chi connectivity index (χ2v) is 4.07. The van der Waals surface area contributed by atoms with Gasteiger partial charge in [0.05, 0.1) is 0 Å².